The Morgan fingerprint density at radius 3 is 2.38 bits per heavy atom. The second-order valence-electron chi connectivity index (χ2n) is 5.50. The summed E-state index contributed by atoms with van der Waals surface area (Å²) in [6.45, 7) is 0. The van der Waals surface area contributed by atoms with Crippen molar-refractivity contribution in [2.24, 2.45) is 0 Å². The predicted molar refractivity (Wildman–Crippen MR) is 101 cm³/mol. The van der Waals surface area contributed by atoms with Gasteiger partial charge in [-0.05, 0) is 36.5 Å². The third-order valence-corrected chi connectivity index (χ3v) is 3.52. The molecule has 0 spiro atoms. The first kappa shape index (κ1) is 19.0. The van der Waals surface area contributed by atoms with E-state index in [0.717, 1.165) is 6.07 Å². The minimum absolute atomic E-state index is 0.0101. The number of rotatable bonds is 4. The number of amides is 2. The zero-order chi connectivity index (χ0) is 19.3. The van der Waals surface area contributed by atoms with Gasteiger partial charge in [0.1, 0.15) is 0 Å². The van der Waals surface area contributed by atoms with Gasteiger partial charge in [0, 0.05) is 43.0 Å². The molecule has 8 nitrogen and oxygen atoms in total. The van der Waals surface area contributed by atoms with Gasteiger partial charge >= 0.3 is 0 Å². The molecular formula is C17H16N4O4S. The highest BCUT2D eigenvalue weighted by Crippen LogP contribution is 2.14. The molecule has 0 aliphatic rings. The SMILES string of the molecule is CN(C)C(=O)c1cccc(NC(=S)NC(=O)c2cccc([N+](=O)[O-])c2)c1. The van der Waals surface area contributed by atoms with Crippen LogP contribution in [0.1, 0.15) is 20.7 Å². The average molecular weight is 372 g/mol. The Bertz CT molecular complexity index is 883. The molecule has 2 rings (SSSR count). The molecular weight excluding hydrogens is 356 g/mol. The van der Waals surface area contributed by atoms with Gasteiger partial charge in [0.05, 0.1) is 4.92 Å². The minimum atomic E-state index is -0.583. The first-order chi connectivity index (χ1) is 12.3. The largest absolute Gasteiger partial charge is 0.345 e. The molecule has 0 atom stereocenters. The number of anilines is 1. The van der Waals surface area contributed by atoms with E-state index >= 15 is 0 Å². The molecule has 9 heteroatoms. The van der Waals surface area contributed by atoms with E-state index in [0.29, 0.717) is 11.3 Å². The fourth-order valence-electron chi connectivity index (χ4n) is 2.09. The highest BCUT2D eigenvalue weighted by molar-refractivity contribution is 7.80. The molecule has 26 heavy (non-hydrogen) atoms. The number of nitrogens with zero attached hydrogens (tertiary/aromatic N) is 2. The number of nitro benzene ring substituents is 1. The highest BCUT2D eigenvalue weighted by Gasteiger charge is 2.13. The van der Waals surface area contributed by atoms with Crippen molar-refractivity contribution in [2.75, 3.05) is 19.4 Å². The van der Waals surface area contributed by atoms with E-state index < -0.39 is 10.8 Å². The Kier molecular flexibility index (Phi) is 5.97. The van der Waals surface area contributed by atoms with Gasteiger partial charge in [-0.15, -0.1) is 0 Å². The molecule has 0 unspecified atom stereocenters. The first-order valence-electron chi connectivity index (χ1n) is 7.46. The number of hydrogen-bond donors (Lipinski definition) is 2. The van der Waals surface area contributed by atoms with E-state index in [1.807, 2.05) is 0 Å². The van der Waals surface area contributed by atoms with Crippen molar-refractivity contribution >= 4 is 40.5 Å². The lowest BCUT2D eigenvalue weighted by Crippen LogP contribution is -2.34. The van der Waals surface area contributed by atoms with Crippen LogP contribution in [0.2, 0.25) is 0 Å². The fraction of sp³-hybridized carbons (Fsp3) is 0.118. The maximum Gasteiger partial charge on any atom is 0.270 e. The molecule has 0 saturated heterocycles. The first-order valence-corrected chi connectivity index (χ1v) is 7.87. The van der Waals surface area contributed by atoms with E-state index in [9.17, 15) is 19.7 Å². The van der Waals surface area contributed by atoms with E-state index in [4.69, 9.17) is 12.2 Å². The molecule has 0 aromatic heterocycles. The monoisotopic (exact) mass is 372 g/mol. The van der Waals surface area contributed by atoms with Crippen LogP contribution < -0.4 is 10.6 Å². The van der Waals surface area contributed by atoms with Gasteiger partial charge in [-0.25, -0.2) is 0 Å². The Balaban J connectivity index is 2.06. The number of hydrogen-bond acceptors (Lipinski definition) is 5. The molecule has 0 aliphatic heterocycles. The van der Waals surface area contributed by atoms with Crippen LogP contribution in [0.15, 0.2) is 48.5 Å². The number of carbonyl (C=O) groups excluding carboxylic acids is 2. The molecule has 0 heterocycles. The van der Waals surface area contributed by atoms with Gasteiger partial charge in [0.15, 0.2) is 5.11 Å². The van der Waals surface area contributed by atoms with Crippen molar-refractivity contribution < 1.29 is 14.5 Å². The van der Waals surface area contributed by atoms with E-state index in [1.54, 1.807) is 38.4 Å². The lowest BCUT2D eigenvalue weighted by molar-refractivity contribution is -0.384. The molecule has 2 N–H and O–H groups in total. The number of nitro groups is 1. The summed E-state index contributed by atoms with van der Waals surface area (Å²) in [4.78, 5) is 35.8. The van der Waals surface area contributed by atoms with Crippen molar-refractivity contribution in [3.05, 3.63) is 69.8 Å². The van der Waals surface area contributed by atoms with Crippen LogP contribution >= 0.6 is 12.2 Å². The number of nitrogens with one attached hydrogen (secondary N) is 2. The summed E-state index contributed by atoms with van der Waals surface area (Å²) in [5.41, 5.74) is 0.918. The van der Waals surface area contributed by atoms with Crippen molar-refractivity contribution in [3.63, 3.8) is 0 Å². The smallest absolute Gasteiger partial charge is 0.270 e. The second kappa shape index (κ2) is 8.17. The van der Waals surface area contributed by atoms with Gasteiger partial charge in [-0.3, -0.25) is 25.0 Å². The highest BCUT2D eigenvalue weighted by atomic mass is 32.1. The van der Waals surface area contributed by atoms with Crippen LogP contribution in [0.25, 0.3) is 0 Å². The number of carbonyl (C=O) groups is 2. The van der Waals surface area contributed by atoms with Crippen molar-refractivity contribution in [1.82, 2.24) is 10.2 Å². The van der Waals surface area contributed by atoms with Crippen molar-refractivity contribution in [2.45, 2.75) is 0 Å². The van der Waals surface area contributed by atoms with Crippen molar-refractivity contribution in [3.8, 4) is 0 Å². The van der Waals surface area contributed by atoms with Gasteiger partial charge in [-0.1, -0.05) is 12.1 Å². The van der Waals surface area contributed by atoms with Crippen LogP contribution in [0.5, 0.6) is 0 Å². The summed E-state index contributed by atoms with van der Waals surface area (Å²) in [7, 11) is 3.29. The Labute approximate surface area is 155 Å². The van der Waals surface area contributed by atoms with Gasteiger partial charge < -0.3 is 10.2 Å². The summed E-state index contributed by atoms with van der Waals surface area (Å²) < 4.78 is 0. The molecule has 0 saturated carbocycles. The second-order valence-corrected chi connectivity index (χ2v) is 5.90. The standard InChI is InChI=1S/C17H16N4O4S/c1-20(2)16(23)12-6-3-7-13(9-12)18-17(26)19-15(22)11-5-4-8-14(10-11)21(24)25/h3-10H,1-2H3,(H2,18,19,22,26). The number of thiocarbonyl (C=S) groups is 1. The predicted octanol–water partition coefficient (Wildman–Crippen LogP) is 2.42. The van der Waals surface area contributed by atoms with Gasteiger partial charge in [0.25, 0.3) is 17.5 Å². The zero-order valence-corrected chi connectivity index (χ0v) is 14.9. The van der Waals surface area contributed by atoms with Crippen LogP contribution in [0.4, 0.5) is 11.4 Å². The summed E-state index contributed by atoms with van der Waals surface area (Å²) >= 11 is 5.08. The lowest BCUT2D eigenvalue weighted by Gasteiger charge is -2.13. The zero-order valence-electron chi connectivity index (χ0n) is 14.1. The molecule has 2 amide bonds. The summed E-state index contributed by atoms with van der Waals surface area (Å²) in [6.07, 6.45) is 0. The Morgan fingerprint density at radius 2 is 1.73 bits per heavy atom. The topological polar surface area (TPSA) is 105 Å². The van der Waals surface area contributed by atoms with Crippen LogP contribution in [-0.4, -0.2) is 40.8 Å². The quantitative estimate of drug-likeness (QED) is 0.485. The minimum Gasteiger partial charge on any atom is -0.345 e. The van der Waals surface area contributed by atoms with E-state index in [1.165, 1.54) is 23.1 Å². The molecule has 0 aliphatic carbocycles. The third kappa shape index (κ3) is 4.84. The molecule has 0 radical (unpaired) electrons. The fourth-order valence-corrected chi connectivity index (χ4v) is 2.30. The third-order valence-electron chi connectivity index (χ3n) is 3.32. The Hall–Kier alpha value is -3.33. The molecule has 2 aromatic carbocycles. The lowest BCUT2D eigenvalue weighted by atomic mass is 10.2. The number of benzene rings is 2. The summed E-state index contributed by atoms with van der Waals surface area (Å²) in [5, 5.41) is 16.0. The van der Waals surface area contributed by atoms with E-state index in [2.05, 4.69) is 10.6 Å². The molecule has 134 valence electrons. The van der Waals surface area contributed by atoms with Crippen LogP contribution in [-0.2, 0) is 0 Å². The van der Waals surface area contributed by atoms with Gasteiger partial charge in [-0.2, -0.15) is 0 Å². The maximum absolute atomic E-state index is 12.2. The van der Waals surface area contributed by atoms with Gasteiger partial charge in [0.2, 0.25) is 0 Å². The normalized spacial score (nSPS) is 9.92. The number of non-ortho nitro benzene ring substituents is 1. The van der Waals surface area contributed by atoms with Crippen LogP contribution in [0, 0.1) is 10.1 Å². The Morgan fingerprint density at radius 1 is 1.08 bits per heavy atom. The average Bonchev–Trinajstić information content (AvgIpc) is 2.61. The molecule has 0 bridgehead atoms. The summed E-state index contributed by atoms with van der Waals surface area (Å²) in [6, 6.07) is 12.0. The molecule has 2 aromatic rings. The molecule has 0 fully saturated rings. The van der Waals surface area contributed by atoms with Crippen molar-refractivity contribution in [1.29, 1.82) is 0 Å². The van der Waals surface area contributed by atoms with Crippen LogP contribution in [0.3, 0.4) is 0 Å². The van der Waals surface area contributed by atoms with E-state index in [-0.39, 0.29) is 22.3 Å². The summed E-state index contributed by atoms with van der Waals surface area (Å²) in [5.74, 6) is -0.744. The maximum atomic E-state index is 12.2.